The zero-order valence-electron chi connectivity index (χ0n) is 26.8. The Labute approximate surface area is 293 Å². The van der Waals surface area contributed by atoms with E-state index >= 15 is 0 Å². The largest absolute Gasteiger partial charge is 0.392 e. The van der Waals surface area contributed by atoms with E-state index in [2.05, 4.69) is 58.4 Å². The molecule has 7 nitrogen and oxygen atoms in total. The van der Waals surface area contributed by atoms with Gasteiger partial charge in [-0.2, -0.15) is 0 Å². The lowest BCUT2D eigenvalue weighted by atomic mass is 9.89. The van der Waals surface area contributed by atoms with Gasteiger partial charge in [0.2, 0.25) is 0 Å². The predicted octanol–water partition coefficient (Wildman–Crippen LogP) is 7.18. The van der Waals surface area contributed by atoms with Crippen LogP contribution in [0.5, 0.6) is 0 Å². The number of nitrogens with zero attached hydrogens (tertiary/aromatic N) is 2. The molecule has 3 fully saturated rings. The first-order valence-corrected chi connectivity index (χ1v) is 17.8. The van der Waals surface area contributed by atoms with Crippen LogP contribution < -0.4 is 5.32 Å². The van der Waals surface area contributed by atoms with Crippen molar-refractivity contribution in [2.45, 2.75) is 74.1 Å². The maximum atomic E-state index is 12.0. The average molecular weight is 701 g/mol. The third kappa shape index (κ3) is 8.70. The fourth-order valence-corrected chi connectivity index (χ4v) is 7.34. The van der Waals surface area contributed by atoms with E-state index in [1.165, 1.54) is 38.8 Å². The van der Waals surface area contributed by atoms with Crippen LogP contribution in [0.3, 0.4) is 0 Å². The van der Waals surface area contributed by atoms with Crippen LogP contribution in [0, 0.1) is 5.92 Å². The zero-order valence-corrected chi connectivity index (χ0v) is 29.1. The molecule has 3 saturated heterocycles. The van der Waals surface area contributed by atoms with E-state index in [0.29, 0.717) is 6.04 Å². The van der Waals surface area contributed by atoms with Crippen molar-refractivity contribution in [1.29, 1.82) is 0 Å². The van der Waals surface area contributed by atoms with E-state index in [1.54, 1.807) is 0 Å². The summed E-state index contributed by atoms with van der Waals surface area (Å²) in [4.78, 5) is 17.3. The van der Waals surface area contributed by atoms with Gasteiger partial charge in [-0.15, -0.1) is 0 Å². The molecule has 3 aromatic rings. The van der Waals surface area contributed by atoms with Crippen LogP contribution in [0.2, 0.25) is 0 Å². The Balaban J connectivity index is 1.19. The van der Waals surface area contributed by atoms with E-state index < -0.39 is 16.0 Å². The van der Waals surface area contributed by atoms with Crippen LogP contribution in [0.15, 0.2) is 72.8 Å². The SMILES string of the molecule is CC1C(CN2CCCC2CN2CCCC2)OC(c2ccc(-c3cccc(CNC(=O)C(Cl)(Cl)Cl)c3)cc2)OC1c1ccc(CO)cc1. The number of aliphatic hydroxyl groups excluding tert-OH is 1. The summed E-state index contributed by atoms with van der Waals surface area (Å²) < 4.78 is 11.6. The number of ether oxygens (including phenoxy) is 2. The van der Waals surface area contributed by atoms with Gasteiger partial charge in [-0.1, -0.05) is 108 Å². The van der Waals surface area contributed by atoms with E-state index in [-0.39, 0.29) is 31.3 Å². The number of likely N-dealkylation sites (tertiary alicyclic amines) is 2. The number of hydrogen-bond acceptors (Lipinski definition) is 6. The second-order valence-electron chi connectivity index (χ2n) is 13.1. The van der Waals surface area contributed by atoms with E-state index in [0.717, 1.165) is 53.0 Å². The van der Waals surface area contributed by atoms with Gasteiger partial charge < -0.3 is 24.8 Å². The van der Waals surface area contributed by atoms with Gasteiger partial charge in [0.05, 0.1) is 18.8 Å². The first-order valence-electron chi connectivity index (χ1n) is 16.7. The number of nitrogens with one attached hydrogen (secondary N) is 1. The van der Waals surface area contributed by atoms with Crippen molar-refractivity contribution < 1.29 is 19.4 Å². The molecule has 3 aliphatic heterocycles. The monoisotopic (exact) mass is 699 g/mol. The standard InChI is InChI=1S/C37H44Cl3N3O4/c1-25-33(23-43-19-5-8-32(43)22-42-17-2-3-18-42)46-35(47-34(25)29-11-9-26(24-44)10-12-29)30-15-13-28(14-16-30)31-7-4-6-27(20-31)21-41-36(45)37(38,39)40/h4,6-7,9-16,20,25,32-35,44H,2-3,5,8,17-19,21-24H2,1H3,(H,41,45). The number of carbonyl (C=O) groups is 1. The highest BCUT2D eigenvalue weighted by Crippen LogP contribution is 2.42. The lowest BCUT2D eigenvalue weighted by Gasteiger charge is -2.43. The predicted molar refractivity (Wildman–Crippen MR) is 187 cm³/mol. The summed E-state index contributed by atoms with van der Waals surface area (Å²) in [5, 5.41) is 12.3. The molecule has 3 aromatic carbocycles. The van der Waals surface area contributed by atoms with Crippen LogP contribution in [-0.4, -0.2) is 69.5 Å². The van der Waals surface area contributed by atoms with E-state index in [1.807, 2.05) is 36.4 Å². The van der Waals surface area contributed by atoms with Crippen LogP contribution in [-0.2, 0) is 27.4 Å². The summed E-state index contributed by atoms with van der Waals surface area (Å²) in [6.45, 7) is 8.07. The summed E-state index contributed by atoms with van der Waals surface area (Å²) >= 11 is 17.1. The molecule has 6 rings (SSSR count). The Morgan fingerprint density at radius 1 is 0.872 bits per heavy atom. The molecular formula is C37H44Cl3N3O4. The summed E-state index contributed by atoms with van der Waals surface area (Å²) in [5.74, 6) is -0.518. The van der Waals surface area contributed by atoms with Gasteiger partial charge in [0.1, 0.15) is 0 Å². The molecule has 0 aliphatic carbocycles. The average Bonchev–Trinajstić information content (AvgIpc) is 3.77. The minimum absolute atomic E-state index is 0.00490. The molecule has 252 valence electrons. The van der Waals surface area contributed by atoms with Crippen molar-refractivity contribution in [3.8, 4) is 11.1 Å². The molecule has 0 aromatic heterocycles. The molecule has 1 amide bonds. The molecule has 0 radical (unpaired) electrons. The first-order chi connectivity index (χ1) is 22.7. The summed E-state index contributed by atoms with van der Waals surface area (Å²) in [5.41, 5.74) is 5.87. The molecule has 47 heavy (non-hydrogen) atoms. The van der Waals surface area contributed by atoms with Crippen LogP contribution >= 0.6 is 34.8 Å². The highest BCUT2D eigenvalue weighted by atomic mass is 35.6. The second kappa shape index (κ2) is 15.6. The van der Waals surface area contributed by atoms with Gasteiger partial charge in [0.25, 0.3) is 9.70 Å². The van der Waals surface area contributed by atoms with Crippen molar-refractivity contribution in [3.63, 3.8) is 0 Å². The summed E-state index contributed by atoms with van der Waals surface area (Å²) in [6, 6.07) is 24.9. The quantitative estimate of drug-likeness (QED) is 0.218. The van der Waals surface area contributed by atoms with Crippen molar-refractivity contribution in [2.75, 3.05) is 32.7 Å². The third-order valence-electron chi connectivity index (χ3n) is 9.86. The number of carbonyl (C=O) groups excluding carboxylic acids is 1. The van der Waals surface area contributed by atoms with Crippen molar-refractivity contribution in [2.24, 2.45) is 5.92 Å². The second-order valence-corrected chi connectivity index (χ2v) is 15.4. The van der Waals surface area contributed by atoms with Crippen LogP contribution in [0.4, 0.5) is 0 Å². The number of halogens is 3. The van der Waals surface area contributed by atoms with E-state index in [4.69, 9.17) is 44.3 Å². The summed E-state index contributed by atoms with van der Waals surface area (Å²) in [7, 11) is 0. The number of benzene rings is 3. The maximum absolute atomic E-state index is 12.0. The number of aliphatic hydroxyl groups is 1. The molecule has 0 saturated carbocycles. The Hall–Kier alpha value is -2.20. The topological polar surface area (TPSA) is 74.3 Å². The Morgan fingerprint density at radius 3 is 2.30 bits per heavy atom. The fourth-order valence-electron chi connectivity index (χ4n) is 7.14. The lowest BCUT2D eigenvalue weighted by Crippen LogP contribution is -2.48. The molecule has 0 bridgehead atoms. The molecule has 5 atom stereocenters. The molecule has 10 heteroatoms. The molecule has 2 N–H and O–H groups in total. The Morgan fingerprint density at radius 2 is 1.60 bits per heavy atom. The van der Waals surface area contributed by atoms with Crippen molar-refractivity contribution >= 4 is 40.7 Å². The number of alkyl halides is 3. The van der Waals surface area contributed by atoms with Crippen molar-refractivity contribution in [1.82, 2.24) is 15.1 Å². The van der Waals surface area contributed by atoms with Gasteiger partial charge in [-0.05, 0) is 79.2 Å². The zero-order chi connectivity index (χ0) is 33.0. The van der Waals surface area contributed by atoms with Gasteiger partial charge in [0.15, 0.2) is 6.29 Å². The number of hydrogen-bond donors (Lipinski definition) is 2. The smallest absolute Gasteiger partial charge is 0.272 e. The molecular weight excluding hydrogens is 657 g/mol. The van der Waals surface area contributed by atoms with E-state index in [9.17, 15) is 9.90 Å². The molecule has 0 spiro atoms. The lowest BCUT2D eigenvalue weighted by molar-refractivity contribution is -0.276. The highest BCUT2D eigenvalue weighted by Gasteiger charge is 2.41. The number of rotatable bonds is 10. The normalized spacial score (nSPS) is 25.7. The number of amides is 1. The van der Waals surface area contributed by atoms with Gasteiger partial charge in [-0.3, -0.25) is 9.69 Å². The maximum Gasteiger partial charge on any atom is 0.272 e. The Bertz CT molecular complexity index is 1480. The van der Waals surface area contributed by atoms with Gasteiger partial charge in [0, 0.05) is 37.2 Å². The summed E-state index contributed by atoms with van der Waals surface area (Å²) in [6.07, 6.45) is 4.42. The fraction of sp³-hybridized carbons (Fsp3) is 0.486. The Kier molecular flexibility index (Phi) is 11.5. The van der Waals surface area contributed by atoms with Crippen LogP contribution in [0.25, 0.3) is 11.1 Å². The molecule has 5 unspecified atom stereocenters. The van der Waals surface area contributed by atoms with Crippen molar-refractivity contribution in [3.05, 3.63) is 95.1 Å². The molecule has 3 heterocycles. The highest BCUT2D eigenvalue weighted by molar-refractivity contribution is 6.76. The van der Waals surface area contributed by atoms with Gasteiger partial charge >= 0.3 is 0 Å². The van der Waals surface area contributed by atoms with Gasteiger partial charge in [-0.25, -0.2) is 0 Å². The minimum Gasteiger partial charge on any atom is -0.392 e. The minimum atomic E-state index is -2.00. The third-order valence-corrected chi connectivity index (χ3v) is 10.4. The first kappa shape index (κ1) is 34.7. The van der Waals surface area contributed by atoms with Crippen LogP contribution in [0.1, 0.15) is 67.3 Å². The molecule has 3 aliphatic rings.